The van der Waals surface area contributed by atoms with Crippen LogP contribution in [0.1, 0.15) is 32.3 Å². The van der Waals surface area contributed by atoms with Crippen molar-refractivity contribution in [2.24, 2.45) is 0 Å². The van der Waals surface area contributed by atoms with Crippen LogP contribution in [0, 0.1) is 6.92 Å². The summed E-state index contributed by atoms with van der Waals surface area (Å²) in [5.41, 5.74) is 1.29. The Kier molecular flexibility index (Phi) is 6.63. The number of aryl methyl sites for hydroxylation is 1. The number of hydrogen-bond acceptors (Lipinski definition) is 5. The average Bonchev–Trinajstić information content (AvgIpc) is 2.57. The lowest BCUT2D eigenvalue weighted by Crippen LogP contribution is -2.10. The Labute approximate surface area is 154 Å². The van der Waals surface area contributed by atoms with E-state index in [9.17, 15) is 13.2 Å². The van der Waals surface area contributed by atoms with E-state index in [1.54, 1.807) is 25.1 Å². The highest BCUT2D eigenvalue weighted by atomic mass is 32.2. The highest BCUT2D eigenvalue weighted by Gasteiger charge is 2.18. The van der Waals surface area contributed by atoms with E-state index in [1.165, 1.54) is 31.2 Å². The number of ether oxygens (including phenoxy) is 1. The molecule has 0 fully saturated rings. The van der Waals surface area contributed by atoms with Crippen LogP contribution < -0.4 is 14.2 Å². The summed E-state index contributed by atoms with van der Waals surface area (Å²) in [6.45, 7) is 5.86. The molecule has 1 N–H and O–H groups in total. The van der Waals surface area contributed by atoms with Crippen LogP contribution >= 0.6 is 0 Å². The van der Waals surface area contributed by atoms with Crippen molar-refractivity contribution in [3.8, 4) is 11.5 Å². The van der Waals surface area contributed by atoms with Crippen LogP contribution in [0.2, 0.25) is 0 Å². The van der Waals surface area contributed by atoms with Gasteiger partial charge < -0.3 is 14.2 Å². The summed E-state index contributed by atoms with van der Waals surface area (Å²) in [6.07, 6.45) is 1.97. The normalized spacial score (nSPS) is 11.0. The van der Waals surface area contributed by atoms with Crippen molar-refractivity contribution in [1.82, 2.24) is 0 Å². The van der Waals surface area contributed by atoms with E-state index in [1.807, 2.05) is 0 Å². The van der Waals surface area contributed by atoms with Crippen LogP contribution in [0.5, 0.6) is 11.5 Å². The van der Waals surface area contributed by atoms with Crippen LogP contribution in [0.4, 0.5) is 5.69 Å². The monoisotopic (exact) mass is 377 g/mol. The molecule has 0 heterocycles. The molecule has 2 aromatic rings. The Morgan fingerprint density at radius 2 is 1.81 bits per heavy atom. The summed E-state index contributed by atoms with van der Waals surface area (Å²) < 4.78 is 35.7. The van der Waals surface area contributed by atoms with Gasteiger partial charge in [-0.1, -0.05) is 13.3 Å². The smallest absolute Gasteiger partial charge is 0.339 e. The number of nitrogens with one attached hydrogen (secondary N) is 1. The molecule has 0 saturated heterocycles. The third-order valence-electron chi connectivity index (χ3n) is 3.57. The zero-order valence-corrected chi connectivity index (χ0v) is 15.9. The number of anilines is 1. The predicted molar refractivity (Wildman–Crippen MR) is 100 cm³/mol. The molecule has 7 heteroatoms. The van der Waals surface area contributed by atoms with E-state index in [4.69, 9.17) is 8.92 Å². The summed E-state index contributed by atoms with van der Waals surface area (Å²) in [4.78, 5) is 11.1. The second-order valence-electron chi connectivity index (χ2n) is 5.87. The Bertz CT molecular complexity index is 860. The van der Waals surface area contributed by atoms with Crippen LogP contribution in [0.25, 0.3) is 0 Å². The van der Waals surface area contributed by atoms with Crippen molar-refractivity contribution in [1.29, 1.82) is 0 Å². The Hall–Kier alpha value is -2.54. The van der Waals surface area contributed by atoms with E-state index < -0.39 is 10.1 Å². The first-order valence-corrected chi connectivity index (χ1v) is 9.78. The first kappa shape index (κ1) is 19.8. The van der Waals surface area contributed by atoms with E-state index in [0.29, 0.717) is 18.0 Å². The molecular weight excluding hydrogens is 354 g/mol. The number of benzene rings is 2. The molecule has 2 aromatic carbocycles. The highest BCUT2D eigenvalue weighted by molar-refractivity contribution is 7.87. The second kappa shape index (κ2) is 8.71. The molecule has 0 aliphatic heterocycles. The second-order valence-corrected chi connectivity index (χ2v) is 7.42. The van der Waals surface area contributed by atoms with Gasteiger partial charge in [-0.05, 0) is 61.4 Å². The highest BCUT2D eigenvalue weighted by Crippen LogP contribution is 2.25. The number of amides is 1. The van der Waals surface area contributed by atoms with E-state index in [2.05, 4.69) is 12.2 Å². The van der Waals surface area contributed by atoms with Gasteiger partial charge in [-0.25, -0.2) is 0 Å². The molecular formula is C19H23NO5S. The number of carbonyl (C=O) groups excluding carboxylic acids is 1. The molecule has 0 unspecified atom stereocenters. The van der Waals surface area contributed by atoms with Gasteiger partial charge in [0.05, 0.1) is 6.61 Å². The van der Waals surface area contributed by atoms with Gasteiger partial charge in [-0.2, -0.15) is 8.42 Å². The van der Waals surface area contributed by atoms with Gasteiger partial charge >= 0.3 is 10.1 Å². The number of unbranched alkanes of at least 4 members (excludes halogenated alkanes) is 1. The minimum atomic E-state index is -3.96. The van der Waals surface area contributed by atoms with Crippen LogP contribution in [0.3, 0.4) is 0 Å². The van der Waals surface area contributed by atoms with Crippen LogP contribution in [-0.2, 0) is 14.9 Å². The fourth-order valence-corrected chi connectivity index (χ4v) is 3.25. The molecule has 0 aliphatic rings. The third kappa shape index (κ3) is 5.49. The van der Waals surface area contributed by atoms with Crippen molar-refractivity contribution in [3.63, 3.8) is 0 Å². The zero-order chi connectivity index (χ0) is 19.2. The van der Waals surface area contributed by atoms with E-state index >= 15 is 0 Å². The average molecular weight is 377 g/mol. The summed E-state index contributed by atoms with van der Waals surface area (Å²) >= 11 is 0. The summed E-state index contributed by atoms with van der Waals surface area (Å²) in [5, 5.41) is 2.60. The lowest BCUT2D eigenvalue weighted by atomic mass is 10.2. The van der Waals surface area contributed by atoms with Crippen LogP contribution in [-0.4, -0.2) is 20.9 Å². The zero-order valence-electron chi connectivity index (χ0n) is 15.1. The van der Waals surface area contributed by atoms with Gasteiger partial charge in [0.25, 0.3) is 0 Å². The molecule has 0 atom stereocenters. The van der Waals surface area contributed by atoms with Gasteiger partial charge in [-0.15, -0.1) is 0 Å². The summed E-state index contributed by atoms with van der Waals surface area (Å²) in [5.74, 6) is 0.625. The molecule has 140 valence electrons. The first-order valence-electron chi connectivity index (χ1n) is 8.37. The molecule has 0 spiro atoms. The summed E-state index contributed by atoms with van der Waals surface area (Å²) in [6, 6.07) is 10.7. The van der Waals surface area contributed by atoms with Crippen molar-refractivity contribution < 1.29 is 22.1 Å². The van der Waals surface area contributed by atoms with Gasteiger partial charge in [0.2, 0.25) is 5.91 Å². The van der Waals surface area contributed by atoms with Crippen LogP contribution in [0.15, 0.2) is 47.4 Å². The maximum atomic E-state index is 12.5. The SMILES string of the molecule is CCCCOc1ccc(S(=O)(=O)Oc2ccc(NC(C)=O)cc2)cc1C. The molecule has 0 bridgehead atoms. The number of carbonyl (C=O) groups is 1. The quantitative estimate of drug-likeness (QED) is 0.557. The first-order chi connectivity index (χ1) is 12.3. The Morgan fingerprint density at radius 1 is 1.12 bits per heavy atom. The standard InChI is InChI=1S/C19H23NO5S/c1-4-5-12-24-19-11-10-18(13-14(19)2)26(22,23)25-17-8-6-16(7-9-17)20-15(3)21/h6-11,13H,4-5,12H2,1-3H3,(H,20,21). The summed E-state index contributed by atoms with van der Waals surface area (Å²) in [7, 11) is -3.96. The third-order valence-corrected chi connectivity index (χ3v) is 4.81. The maximum absolute atomic E-state index is 12.5. The molecule has 1 amide bonds. The van der Waals surface area contributed by atoms with Crippen molar-refractivity contribution in [3.05, 3.63) is 48.0 Å². The van der Waals surface area contributed by atoms with Crippen molar-refractivity contribution in [2.75, 3.05) is 11.9 Å². The minimum Gasteiger partial charge on any atom is -0.493 e. The maximum Gasteiger partial charge on any atom is 0.339 e. The Morgan fingerprint density at radius 3 is 2.38 bits per heavy atom. The van der Waals surface area contributed by atoms with Gasteiger partial charge in [-0.3, -0.25) is 4.79 Å². The van der Waals surface area contributed by atoms with Crippen molar-refractivity contribution >= 4 is 21.7 Å². The largest absolute Gasteiger partial charge is 0.493 e. The molecule has 0 radical (unpaired) electrons. The number of hydrogen-bond donors (Lipinski definition) is 1. The van der Waals surface area contributed by atoms with Crippen molar-refractivity contribution in [2.45, 2.75) is 38.5 Å². The minimum absolute atomic E-state index is 0.0591. The van der Waals surface area contributed by atoms with Gasteiger partial charge in [0, 0.05) is 12.6 Å². The Balaban J connectivity index is 2.11. The fraction of sp³-hybridized carbons (Fsp3) is 0.316. The number of rotatable bonds is 8. The van der Waals surface area contributed by atoms with Gasteiger partial charge in [0.15, 0.2) is 0 Å². The van der Waals surface area contributed by atoms with E-state index in [0.717, 1.165) is 18.4 Å². The topological polar surface area (TPSA) is 81.7 Å². The molecule has 2 rings (SSSR count). The molecule has 0 saturated carbocycles. The van der Waals surface area contributed by atoms with Gasteiger partial charge in [0.1, 0.15) is 16.4 Å². The fourth-order valence-electron chi connectivity index (χ4n) is 2.24. The molecule has 0 aliphatic carbocycles. The molecule has 0 aromatic heterocycles. The molecule has 26 heavy (non-hydrogen) atoms. The lowest BCUT2D eigenvalue weighted by Gasteiger charge is -2.12. The van der Waals surface area contributed by atoms with E-state index in [-0.39, 0.29) is 16.6 Å². The molecule has 6 nitrogen and oxygen atoms in total. The predicted octanol–water partition coefficient (Wildman–Crippen LogP) is 3.90. The lowest BCUT2D eigenvalue weighted by molar-refractivity contribution is -0.114.